The summed E-state index contributed by atoms with van der Waals surface area (Å²) in [6.07, 6.45) is 19.4. The van der Waals surface area contributed by atoms with E-state index < -0.39 is 29.9 Å². The highest BCUT2D eigenvalue weighted by Crippen LogP contribution is 2.62. The van der Waals surface area contributed by atoms with Crippen LogP contribution in [0, 0.1) is 17.8 Å². The van der Waals surface area contributed by atoms with Crippen molar-refractivity contribution in [2.75, 3.05) is 52.3 Å². The number of alkyl halides is 1. The first-order valence-electron chi connectivity index (χ1n) is 25.4. The molecule has 0 bridgehead atoms. The van der Waals surface area contributed by atoms with Crippen molar-refractivity contribution in [2.45, 2.75) is 147 Å². The van der Waals surface area contributed by atoms with Gasteiger partial charge in [0, 0.05) is 44.2 Å². The maximum Gasteiger partial charge on any atom is 0.412 e. The zero-order chi connectivity index (χ0) is 48.1. The van der Waals surface area contributed by atoms with Crippen molar-refractivity contribution >= 4 is 29.5 Å². The van der Waals surface area contributed by atoms with Gasteiger partial charge in [-0.15, -0.1) is 18.2 Å². The molecule has 2 aliphatic heterocycles. The summed E-state index contributed by atoms with van der Waals surface area (Å²) in [5, 5.41) is 27.7. The average molecular weight is 967 g/mol. The first-order valence-corrected chi connectivity index (χ1v) is 25.9. The molecule has 3 N–H and O–H groups in total. The Kier molecular flexibility index (Phi) is 21.5. The van der Waals surface area contributed by atoms with Crippen molar-refractivity contribution in [1.82, 2.24) is 10.2 Å². The fourth-order valence-corrected chi connectivity index (χ4v) is 10.6. The molecule has 2 heterocycles. The van der Waals surface area contributed by atoms with Crippen LogP contribution in [0.2, 0.25) is 0 Å². The quantitative estimate of drug-likeness (QED) is 0.0295. The molecule has 2 amide bonds. The molecular formula is C53H76ClN3O11. The van der Waals surface area contributed by atoms with Crippen molar-refractivity contribution < 1.29 is 53.1 Å². The number of allylic oxidation sites excluding steroid dienone is 1. The number of fused-ring (bicyclic) bond motifs is 3. The van der Waals surface area contributed by atoms with Gasteiger partial charge in [0.2, 0.25) is 12.6 Å². The van der Waals surface area contributed by atoms with Gasteiger partial charge < -0.3 is 48.8 Å². The van der Waals surface area contributed by atoms with Crippen LogP contribution in [0.4, 0.5) is 9.59 Å². The zero-order valence-corrected chi connectivity index (χ0v) is 41.2. The topological polar surface area (TPSA) is 167 Å². The van der Waals surface area contributed by atoms with Gasteiger partial charge in [-0.3, -0.25) is 4.90 Å². The van der Waals surface area contributed by atoms with E-state index in [0.717, 1.165) is 61.6 Å². The summed E-state index contributed by atoms with van der Waals surface area (Å²) >= 11 is 6.11. The van der Waals surface area contributed by atoms with E-state index in [1.807, 2.05) is 37.3 Å². The number of carbonyl (C=O) groups excluding carboxylic acids is 2. The summed E-state index contributed by atoms with van der Waals surface area (Å²) in [4.78, 5) is 35.5. The lowest BCUT2D eigenvalue weighted by atomic mass is 9.55. The smallest absolute Gasteiger partial charge is 0.412 e. The van der Waals surface area contributed by atoms with Crippen LogP contribution in [0.15, 0.2) is 65.9 Å². The van der Waals surface area contributed by atoms with Crippen molar-refractivity contribution in [1.29, 1.82) is 0 Å². The number of aliphatic hydroxyl groups excluding tert-OH is 2. The molecule has 0 aromatic heterocycles. The SMILES string of the molecule is C=CCOC12Oc3ccc(OC(=O)NCCCCCCCCCCCC)cc3C3C(CCCCO)C(CCCCO)C=C(C(=NOCC)CC1N(Cc1ccc4c(c1)OCO4)C(=O)OCCCl)C32. The minimum atomic E-state index is -1.53. The maximum absolute atomic E-state index is 14.6. The van der Waals surface area contributed by atoms with Gasteiger partial charge in [0.25, 0.3) is 0 Å². The Morgan fingerprint density at radius 1 is 0.912 bits per heavy atom. The third-order valence-corrected chi connectivity index (χ3v) is 13.8. The van der Waals surface area contributed by atoms with Crippen LogP contribution in [0.25, 0.3) is 0 Å². The minimum absolute atomic E-state index is 0.0234. The predicted molar refractivity (Wildman–Crippen MR) is 263 cm³/mol. The number of unbranched alkanes of at least 4 members (excludes halogenated alkanes) is 11. The van der Waals surface area contributed by atoms with Crippen LogP contribution in [-0.2, 0) is 20.9 Å². The maximum atomic E-state index is 14.6. The number of rotatable bonds is 30. The van der Waals surface area contributed by atoms with Crippen LogP contribution in [0.1, 0.15) is 140 Å². The van der Waals surface area contributed by atoms with E-state index in [0.29, 0.717) is 54.7 Å². The summed E-state index contributed by atoms with van der Waals surface area (Å²) in [7, 11) is 0. The number of aliphatic hydroxyl groups is 2. The lowest BCUT2D eigenvalue weighted by Crippen LogP contribution is -2.70. The number of nitrogens with zero attached hydrogens (tertiary/aromatic N) is 2. The van der Waals surface area contributed by atoms with E-state index in [2.05, 4.69) is 24.9 Å². The number of hydrogen-bond acceptors (Lipinski definition) is 12. The van der Waals surface area contributed by atoms with Crippen molar-refractivity contribution in [2.24, 2.45) is 22.9 Å². The zero-order valence-electron chi connectivity index (χ0n) is 40.4. The number of benzene rings is 2. The van der Waals surface area contributed by atoms with Crippen molar-refractivity contribution in [3.05, 3.63) is 71.8 Å². The molecule has 1 saturated carbocycles. The number of ether oxygens (including phenoxy) is 6. The molecule has 15 heteroatoms. The van der Waals surface area contributed by atoms with Gasteiger partial charge in [0.05, 0.1) is 24.1 Å². The second-order valence-corrected chi connectivity index (χ2v) is 18.7. The molecule has 6 rings (SSSR count). The first kappa shape index (κ1) is 52.9. The Morgan fingerprint density at radius 2 is 1.63 bits per heavy atom. The van der Waals surface area contributed by atoms with Gasteiger partial charge in [-0.2, -0.15) is 0 Å². The van der Waals surface area contributed by atoms with E-state index in [4.69, 9.17) is 50.0 Å². The van der Waals surface area contributed by atoms with Crippen LogP contribution in [0.5, 0.6) is 23.0 Å². The number of amides is 2. The molecule has 0 saturated heterocycles. The Bertz CT molecular complexity index is 1980. The summed E-state index contributed by atoms with van der Waals surface area (Å²) < 4.78 is 37.6. The fourth-order valence-electron chi connectivity index (χ4n) is 10.5. The lowest BCUT2D eigenvalue weighted by Gasteiger charge is -2.59. The number of halogens is 1. The standard InChI is InChI=1S/C53H76ClN3O11/c1-4-7-8-9-10-11-12-13-14-17-27-55-51(60)67-40-23-25-45-43(34-40)49-41(21-16-19-29-59)39(20-15-18-28-58)33-42-44(56-66-6-3)35-48(53(68-45,50(42)49)65-30-5-2)57(52(61)62-31-26-54)36-38-22-24-46-47(32-38)64-37-63-46/h5,22-25,32-34,39,41,48-50,58-59H,2,4,6-21,26-31,35-37H2,1,3H3,(H,55,60). The van der Waals surface area contributed by atoms with Crippen molar-refractivity contribution in [3.63, 3.8) is 0 Å². The predicted octanol–water partition coefficient (Wildman–Crippen LogP) is 11.0. The molecule has 6 atom stereocenters. The minimum Gasteiger partial charge on any atom is -0.459 e. The third-order valence-electron chi connectivity index (χ3n) is 13.7. The van der Waals surface area contributed by atoms with E-state index in [-0.39, 0.29) is 69.8 Å². The van der Waals surface area contributed by atoms with Gasteiger partial charge in [0.15, 0.2) is 11.5 Å². The largest absolute Gasteiger partial charge is 0.459 e. The van der Waals surface area contributed by atoms with E-state index >= 15 is 0 Å². The molecule has 14 nitrogen and oxygen atoms in total. The third kappa shape index (κ3) is 13.6. The number of carbonyl (C=O) groups is 2. The Morgan fingerprint density at radius 3 is 2.35 bits per heavy atom. The number of nitrogens with one attached hydrogen (secondary N) is 1. The van der Waals surface area contributed by atoms with Gasteiger partial charge in [-0.1, -0.05) is 101 Å². The van der Waals surface area contributed by atoms with Crippen molar-refractivity contribution in [3.8, 4) is 23.0 Å². The van der Waals surface area contributed by atoms with E-state index in [1.54, 1.807) is 17.0 Å². The molecule has 68 heavy (non-hydrogen) atoms. The number of oxime groups is 1. The molecule has 0 spiro atoms. The van der Waals surface area contributed by atoms with Crippen LogP contribution in [-0.4, -0.2) is 97.1 Å². The highest BCUT2D eigenvalue weighted by molar-refractivity contribution is 6.18. The molecule has 376 valence electrons. The molecule has 6 unspecified atom stereocenters. The van der Waals surface area contributed by atoms with Gasteiger partial charge in [-0.05, 0) is 92.3 Å². The second kappa shape index (κ2) is 27.6. The monoisotopic (exact) mass is 966 g/mol. The molecule has 0 radical (unpaired) electrons. The molecule has 2 aromatic rings. The van der Waals surface area contributed by atoms with Crippen LogP contribution >= 0.6 is 11.6 Å². The molecule has 4 aliphatic rings. The van der Waals surface area contributed by atoms with Gasteiger partial charge >= 0.3 is 12.2 Å². The summed E-state index contributed by atoms with van der Waals surface area (Å²) in [5.74, 6) is -0.233. The Balaban J connectivity index is 1.39. The number of hydrogen-bond donors (Lipinski definition) is 3. The summed E-state index contributed by atoms with van der Waals surface area (Å²) in [6.45, 7) is 9.37. The molecule has 2 aromatic carbocycles. The molecule has 2 aliphatic carbocycles. The Labute approximate surface area is 408 Å². The summed E-state index contributed by atoms with van der Waals surface area (Å²) in [5.41, 5.74) is 3.14. The lowest BCUT2D eigenvalue weighted by molar-refractivity contribution is -0.256. The summed E-state index contributed by atoms with van der Waals surface area (Å²) in [6, 6.07) is 10.2. The van der Waals surface area contributed by atoms with E-state index in [9.17, 15) is 19.8 Å². The second-order valence-electron chi connectivity index (χ2n) is 18.3. The van der Waals surface area contributed by atoms with Crippen LogP contribution < -0.4 is 24.3 Å². The fraction of sp³-hybridized carbons (Fsp3) is 0.642. The highest BCUT2D eigenvalue weighted by atomic mass is 35.5. The van der Waals surface area contributed by atoms with Gasteiger partial charge in [-0.25, -0.2) is 9.59 Å². The van der Waals surface area contributed by atoms with E-state index in [1.165, 1.54) is 44.9 Å². The first-order chi connectivity index (χ1) is 33.3. The average Bonchev–Trinajstić information content (AvgIpc) is 3.82. The van der Waals surface area contributed by atoms with Crippen LogP contribution in [0.3, 0.4) is 0 Å². The normalized spacial score (nSPS) is 22.6. The molecule has 1 fully saturated rings. The van der Waals surface area contributed by atoms with Gasteiger partial charge in [0.1, 0.15) is 30.8 Å². The Hall–Kier alpha value is -4.50. The molecular weight excluding hydrogens is 890 g/mol. The highest BCUT2D eigenvalue weighted by Gasteiger charge is 2.65.